The fraction of sp³-hybridized carbons (Fsp3) is 0.500. The Kier molecular flexibility index (Phi) is 5.50. The first-order chi connectivity index (χ1) is 10.9. The van der Waals surface area contributed by atoms with Crippen LogP contribution in [0.15, 0.2) is 35.9 Å². The number of aldehydes is 1. The van der Waals surface area contributed by atoms with Gasteiger partial charge in [0.25, 0.3) is 0 Å². The Bertz CT molecular complexity index is 590. The number of rotatable bonds is 6. The van der Waals surface area contributed by atoms with E-state index < -0.39 is 17.9 Å². The lowest BCUT2D eigenvalue weighted by atomic mass is 9.94. The van der Waals surface area contributed by atoms with E-state index in [1.165, 1.54) is 0 Å². The van der Waals surface area contributed by atoms with Gasteiger partial charge in [-0.05, 0) is 25.3 Å². The average molecular weight is 317 g/mol. The van der Waals surface area contributed by atoms with Gasteiger partial charge >= 0.3 is 0 Å². The molecule has 1 aliphatic rings. The summed E-state index contributed by atoms with van der Waals surface area (Å²) >= 11 is 0. The monoisotopic (exact) mass is 317 g/mol. The molecule has 1 fully saturated rings. The van der Waals surface area contributed by atoms with E-state index in [0.717, 1.165) is 11.8 Å². The minimum absolute atomic E-state index is 0.0553. The molecule has 1 aromatic rings. The lowest BCUT2D eigenvalue weighted by molar-refractivity contribution is -0.262. The topological polar surface area (TPSA) is 55.8 Å². The molecule has 1 saturated heterocycles. The molecule has 0 N–H and O–H groups in total. The molecule has 1 aromatic carbocycles. The quantitative estimate of drug-likeness (QED) is 0.596. The number of hydrogen-bond donors (Lipinski definition) is 0. The van der Waals surface area contributed by atoms with Crippen LogP contribution < -0.4 is 0 Å². The fourth-order valence-corrected chi connectivity index (χ4v) is 2.80. The van der Waals surface area contributed by atoms with Crippen molar-refractivity contribution in [1.29, 1.82) is 0 Å². The maximum Gasteiger partial charge on any atom is 0.150 e. The molecule has 1 aliphatic heterocycles. The molecule has 0 radical (unpaired) electrons. The van der Waals surface area contributed by atoms with Crippen LogP contribution in [0.5, 0.6) is 0 Å². The van der Waals surface area contributed by atoms with Gasteiger partial charge < -0.3 is 9.53 Å². The molecule has 0 unspecified atom stereocenters. The summed E-state index contributed by atoms with van der Waals surface area (Å²) in [5.74, 6) is 1.92. The predicted octanol–water partition coefficient (Wildman–Crippen LogP) is 2.54. The third kappa shape index (κ3) is 3.77. The molecule has 0 saturated carbocycles. The second-order valence-electron chi connectivity index (χ2n) is 6.41. The summed E-state index contributed by atoms with van der Waals surface area (Å²) in [7, 11) is 0. The molecule has 0 aromatic heterocycles. The van der Waals surface area contributed by atoms with Crippen molar-refractivity contribution in [1.82, 2.24) is 5.06 Å². The Balaban J connectivity index is 2.27. The van der Waals surface area contributed by atoms with Crippen molar-refractivity contribution in [2.75, 3.05) is 0 Å². The Morgan fingerprint density at radius 2 is 2.04 bits per heavy atom. The van der Waals surface area contributed by atoms with Crippen LogP contribution in [-0.2, 0) is 25.8 Å². The predicted molar refractivity (Wildman–Crippen MR) is 85.9 cm³/mol. The van der Waals surface area contributed by atoms with Crippen LogP contribution in [0.2, 0.25) is 0 Å². The Hall–Kier alpha value is -1.78. The minimum Gasteiger partial charge on any atom is -0.346 e. The van der Waals surface area contributed by atoms with Crippen LogP contribution in [-0.4, -0.2) is 35.2 Å². The highest BCUT2D eigenvalue weighted by atomic mass is 16.7. The van der Waals surface area contributed by atoms with E-state index in [4.69, 9.17) is 9.57 Å². The van der Waals surface area contributed by atoms with Crippen LogP contribution in [0.3, 0.4) is 0 Å². The van der Waals surface area contributed by atoms with E-state index >= 15 is 0 Å². The van der Waals surface area contributed by atoms with Gasteiger partial charge in [-0.25, -0.2) is 4.79 Å². The average Bonchev–Trinajstić information content (AvgIpc) is 2.77. The van der Waals surface area contributed by atoms with E-state index in [2.05, 4.69) is 0 Å². The molecule has 0 aliphatic carbocycles. The summed E-state index contributed by atoms with van der Waals surface area (Å²) in [5, 5.41) is 1.61. The van der Waals surface area contributed by atoms with E-state index in [1.54, 1.807) is 5.06 Å². The van der Waals surface area contributed by atoms with Gasteiger partial charge in [-0.2, -0.15) is 0 Å². The van der Waals surface area contributed by atoms with Gasteiger partial charge in [0.1, 0.15) is 23.8 Å². The number of hydroxylamine groups is 2. The summed E-state index contributed by atoms with van der Waals surface area (Å²) < 4.78 is 5.78. The SMILES string of the molecule is CC(C)C(=C=O)[C@H]1[C@H](C=O)OC(C)(C)N1OCc1ccccc1. The number of ether oxygens (including phenoxy) is 1. The third-order valence-corrected chi connectivity index (χ3v) is 3.92. The van der Waals surface area contributed by atoms with Gasteiger partial charge in [0.2, 0.25) is 0 Å². The van der Waals surface area contributed by atoms with Crippen molar-refractivity contribution in [3.8, 4) is 0 Å². The summed E-state index contributed by atoms with van der Waals surface area (Å²) in [4.78, 5) is 28.8. The number of benzene rings is 1. The van der Waals surface area contributed by atoms with Crippen molar-refractivity contribution in [3.63, 3.8) is 0 Å². The van der Waals surface area contributed by atoms with E-state index in [9.17, 15) is 9.59 Å². The summed E-state index contributed by atoms with van der Waals surface area (Å²) in [6.45, 7) is 7.75. The van der Waals surface area contributed by atoms with Gasteiger partial charge in [0.05, 0.1) is 6.61 Å². The van der Waals surface area contributed by atoms with E-state index in [-0.39, 0.29) is 5.92 Å². The molecule has 0 amide bonds. The number of nitrogens with zero attached hydrogens (tertiary/aromatic N) is 1. The normalized spacial score (nSPS) is 23.7. The van der Waals surface area contributed by atoms with Crippen LogP contribution >= 0.6 is 0 Å². The first kappa shape index (κ1) is 17.6. The molecular formula is C18H23NO4. The van der Waals surface area contributed by atoms with Crippen LogP contribution in [0.1, 0.15) is 33.3 Å². The smallest absolute Gasteiger partial charge is 0.150 e. The highest BCUT2D eigenvalue weighted by molar-refractivity contribution is 5.64. The molecule has 5 nitrogen and oxygen atoms in total. The summed E-state index contributed by atoms with van der Waals surface area (Å²) in [5.41, 5.74) is 0.653. The van der Waals surface area contributed by atoms with Gasteiger partial charge in [-0.1, -0.05) is 44.2 Å². The highest BCUT2D eigenvalue weighted by Crippen LogP contribution is 2.36. The van der Waals surface area contributed by atoms with Crippen molar-refractivity contribution < 1.29 is 19.2 Å². The lowest BCUT2D eigenvalue weighted by Gasteiger charge is -2.33. The van der Waals surface area contributed by atoms with Gasteiger partial charge in [0, 0.05) is 5.57 Å². The molecule has 0 spiro atoms. The van der Waals surface area contributed by atoms with E-state index in [1.807, 2.05) is 64.0 Å². The van der Waals surface area contributed by atoms with Crippen molar-refractivity contribution >= 4 is 12.2 Å². The molecule has 124 valence electrons. The molecule has 2 rings (SSSR count). The zero-order valence-corrected chi connectivity index (χ0v) is 14.0. The minimum atomic E-state index is -0.817. The molecule has 5 heteroatoms. The van der Waals surface area contributed by atoms with Crippen LogP contribution in [0.25, 0.3) is 0 Å². The number of hydrogen-bond acceptors (Lipinski definition) is 5. The Morgan fingerprint density at radius 3 is 2.57 bits per heavy atom. The van der Waals surface area contributed by atoms with Gasteiger partial charge in [0.15, 0.2) is 6.29 Å². The van der Waals surface area contributed by atoms with Crippen molar-refractivity contribution in [3.05, 3.63) is 41.5 Å². The van der Waals surface area contributed by atoms with Crippen molar-refractivity contribution in [2.24, 2.45) is 5.92 Å². The largest absolute Gasteiger partial charge is 0.346 e. The van der Waals surface area contributed by atoms with Crippen LogP contribution in [0.4, 0.5) is 0 Å². The molecule has 2 atom stereocenters. The summed E-state index contributed by atoms with van der Waals surface area (Å²) in [6, 6.07) is 9.14. The lowest BCUT2D eigenvalue weighted by Crippen LogP contribution is -2.46. The number of carbonyl (C=O) groups excluding carboxylic acids is 2. The maximum absolute atomic E-state index is 11.4. The zero-order valence-electron chi connectivity index (χ0n) is 14.0. The number of carbonyl (C=O) groups is 1. The molecule has 23 heavy (non-hydrogen) atoms. The highest BCUT2D eigenvalue weighted by Gasteiger charge is 2.51. The molecular weight excluding hydrogens is 294 g/mol. The maximum atomic E-state index is 11.4. The van der Waals surface area contributed by atoms with Gasteiger partial charge in [-0.15, -0.1) is 5.06 Å². The Morgan fingerprint density at radius 1 is 1.39 bits per heavy atom. The second kappa shape index (κ2) is 7.20. The molecule has 0 bridgehead atoms. The van der Waals surface area contributed by atoms with Crippen molar-refractivity contribution in [2.45, 2.75) is 52.2 Å². The van der Waals surface area contributed by atoms with Gasteiger partial charge in [-0.3, -0.25) is 4.84 Å². The van der Waals surface area contributed by atoms with Crippen LogP contribution in [0, 0.1) is 5.92 Å². The fourth-order valence-electron chi connectivity index (χ4n) is 2.80. The summed E-state index contributed by atoms with van der Waals surface area (Å²) in [6.07, 6.45) is -0.0301. The first-order valence-electron chi connectivity index (χ1n) is 7.75. The third-order valence-electron chi connectivity index (χ3n) is 3.92. The second-order valence-corrected chi connectivity index (χ2v) is 6.41. The Labute approximate surface area is 136 Å². The standard InChI is InChI=1S/C18H23NO4/c1-13(2)15(10-20)17-16(11-21)23-18(3,4)19(17)22-12-14-8-6-5-7-9-14/h5-9,11,13,16-17H,12H2,1-4H3/t16-,17-/m0/s1. The van der Waals surface area contributed by atoms with E-state index in [0.29, 0.717) is 12.2 Å². The first-order valence-corrected chi connectivity index (χ1v) is 7.75. The molecule has 1 heterocycles. The zero-order chi connectivity index (χ0) is 17.0.